The number of H-pyrrole nitrogens is 1. The molecule has 1 aromatic carbocycles. The van der Waals surface area contributed by atoms with Crippen LogP contribution in [0, 0.1) is 0 Å². The third-order valence-electron chi connectivity index (χ3n) is 6.47. The van der Waals surface area contributed by atoms with Crippen LogP contribution in [-0.2, 0) is 4.79 Å². The molecule has 2 atom stereocenters. The number of benzene rings is 1. The Kier molecular flexibility index (Phi) is 6.36. The fourth-order valence-corrected chi connectivity index (χ4v) is 5.54. The van der Waals surface area contributed by atoms with Gasteiger partial charge in [0.1, 0.15) is 0 Å². The summed E-state index contributed by atoms with van der Waals surface area (Å²) in [7, 11) is 2.00. The van der Waals surface area contributed by atoms with Gasteiger partial charge < -0.3 is 15.2 Å². The molecule has 1 aliphatic rings. The molecule has 1 amide bonds. The van der Waals surface area contributed by atoms with E-state index in [0.29, 0.717) is 6.04 Å². The minimum atomic E-state index is -0.0606. The van der Waals surface area contributed by atoms with Crippen LogP contribution in [0.25, 0.3) is 10.9 Å². The molecule has 3 aromatic rings. The highest BCUT2D eigenvalue weighted by atomic mass is 32.1. The summed E-state index contributed by atoms with van der Waals surface area (Å²) in [5.41, 5.74) is 2.49. The van der Waals surface area contributed by atoms with E-state index in [0.717, 1.165) is 19.4 Å². The van der Waals surface area contributed by atoms with Crippen molar-refractivity contribution in [3.05, 3.63) is 58.4 Å². The van der Waals surface area contributed by atoms with Crippen LogP contribution in [0.15, 0.2) is 48.0 Å². The maximum atomic E-state index is 13.0. The molecule has 154 valence electrons. The van der Waals surface area contributed by atoms with Crippen molar-refractivity contribution < 1.29 is 10.1 Å². The van der Waals surface area contributed by atoms with Gasteiger partial charge in [-0.15, -0.1) is 11.3 Å². The van der Waals surface area contributed by atoms with Crippen molar-refractivity contribution in [2.24, 2.45) is 0 Å². The lowest BCUT2D eigenvalue weighted by molar-refractivity contribution is -0.675. The molecule has 1 aliphatic carbocycles. The molecule has 1 fully saturated rings. The summed E-state index contributed by atoms with van der Waals surface area (Å²) in [5.74, 6) is 0.544. The first-order valence-corrected chi connectivity index (χ1v) is 11.7. The Morgan fingerprint density at radius 2 is 2.00 bits per heavy atom. The topological polar surface area (TPSA) is 52.7 Å². The summed E-state index contributed by atoms with van der Waals surface area (Å²) in [6, 6.07) is 13.2. The molecule has 0 aliphatic heterocycles. The average molecular weight is 411 g/mol. The smallest absolute Gasteiger partial charge is 0.280 e. The van der Waals surface area contributed by atoms with Gasteiger partial charge in [0.25, 0.3) is 5.91 Å². The summed E-state index contributed by atoms with van der Waals surface area (Å²) in [6.07, 6.45) is 8.27. The maximum absolute atomic E-state index is 13.0. The van der Waals surface area contributed by atoms with Gasteiger partial charge in [-0.05, 0) is 42.8 Å². The lowest BCUT2D eigenvalue weighted by Crippen LogP contribution is -2.92. The minimum absolute atomic E-state index is 0.0606. The summed E-state index contributed by atoms with van der Waals surface area (Å²) >= 11 is 1.80. The number of aromatic nitrogens is 1. The van der Waals surface area contributed by atoms with E-state index in [1.165, 1.54) is 40.6 Å². The van der Waals surface area contributed by atoms with Crippen LogP contribution in [0.5, 0.6) is 0 Å². The number of hydrogen-bond acceptors (Lipinski definition) is 2. The Balaban J connectivity index is 1.48. The van der Waals surface area contributed by atoms with E-state index in [9.17, 15) is 4.79 Å². The minimum Gasteiger partial charge on any atom is -0.361 e. The van der Waals surface area contributed by atoms with E-state index in [1.54, 1.807) is 11.3 Å². The number of amides is 1. The standard InChI is InChI=1S/C24H31N3OS/c1-17(24(28)27(2)18-9-4-3-5-10-18)25-16-21(23-13-8-14-29-23)20-15-26-22-12-7-6-11-19(20)22/h6-8,11-15,17-18,21,25-26H,3-5,9-10,16H2,1-2H3/p+1/t17-,21+/m1/s1. The van der Waals surface area contributed by atoms with Crippen molar-refractivity contribution in [2.75, 3.05) is 13.6 Å². The van der Waals surface area contributed by atoms with Gasteiger partial charge >= 0.3 is 0 Å². The molecule has 2 heterocycles. The summed E-state index contributed by atoms with van der Waals surface area (Å²) in [6.45, 7) is 2.93. The number of rotatable bonds is 7. The van der Waals surface area contributed by atoms with Gasteiger partial charge in [0.05, 0.1) is 12.5 Å². The summed E-state index contributed by atoms with van der Waals surface area (Å²) in [5, 5.41) is 5.65. The first-order valence-electron chi connectivity index (χ1n) is 10.8. The molecule has 0 spiro atoms. The second-order valence-corrected chi connectivity index (χ2v) is 9.34. The fraction of sp³-hybridized carbons (Fsp3) is 0.458. The molecule has 1 saturated carbocycles. The third-order valence-corrected chi connectivity index (χ3v) is 7.45. The van der Waals surface area contributed by atoms with Crippen LogP contribution in [0.1, 0.15) is 55.4 Å². The number of carbonyl (C=O) groups is 1. The Bertz CT molecular complexity index is 927. The number of likely N-dealkylation sites (N-methyl/N-ethyl adjacent to an activating group) is 1. The normalized spacial score (nSPS) is 17.3. The maximum Gasteiger partial charge on any atom is 0.280 e. The predicted molar refractivity (Wildman–Crippen MR) is 120 cm³/mol. The number of quaternary nitrogens is 1. The zero-order chi connectivity index (χ0) is 20.2. The molecular formula is C24H32N3OS+. The second kappa shape index (κ2) is 9.14. The molecule has 0 bridgehead atoms. The molecule has 29 heavy (non-hydrogen) atoms. The second-order valence-electron chi connectivity index (χ2n) is 8.36. The molecule has 5 heteroatoms. The molecule has 0 saturated heterocycles. The number of hydrogen-bond donors (Lipinski definition) is 2. The number of thiophene rings is 1. The lowest BCUT2D eigenvalue weighted by atomic mass is 9.94. The average Bonchev–Trinajstić information content (AvgIpc) is 3.44. The van der Waals surface area contributed by atoms with E-state index in [-0.39, 0.29) is 17.9 Å². The molecule has 3 N–H and O–H groups in total. The van der Waals surface area contributed by atoms with E-state index in [1.807, 2.05) is 11.9 Å². The van der Waals surface area contributed by atoms with Crippen LogP contribution >= 0.6 is 11.3 Å². The van der Waals surface area contributed by atoms with Crippen molar-refractivity contribution in [3.8, 4) is 0 Å². The van der Waals surface area contributed by atoms with Crippen molar-refractivity contribution in [1.82, 2.24) is 9.88 Å². The van der Waals surface area contributed by atoms with Gasteiger partial charge in [-0.25, -0.2) is 0 Å². The first-order chi connectivity index (χ1) is 14.1. The van der Waals surface area contributed by atoms with Gasteiger partial charge in [-0.1, -0.05) is 43.5 Å². The third kappa shape index (κ3) is 4.41. The molecule has 2 aromatic heterocycles. The molecule has 0 unspecified atom stereocenters. The number of nitrogens with zero attached hydrogens (tertiary/aromatic N) is 1. The highest BCUT2D eigenvalue weighted by molar-refractivity contribution is 7.10. The predicted octanol–water partition coefficient (Wildman–Crippen LogP) is 4.10. The van der Waals surface area contributed by atoms with Crippen molar-refractivity contribution in [2.45, 2.75) is 57.0 Å². The number of nitrogens with two attached hydrogens (primary N) is 1. The number of fused-ring (bicyclic) bond motifs is 1. The first kappa shape index (κ1) is 20.2. The lowest BCUT2D eigenvalue weighted by Gasteiger charge is -2.32. The SMILES string of the molecule is C[C@@H]([NH2+]C[C@H](c1cccs1)c1c[nH]c2ccccc12)C(=O)N(C)C1CCCCC1. The summed E-state index contributed by atoms with van der Waals surface area (Å²) in [4.78, 5) is 19.8. The Hall–Kier alpha value is -2.11. The summed E-state index contributed by atoms with van der Waals surface area (Å²) < 4.78 is 0. The quantitative estimate of drug-likeness (QED) is 0.605. The van der Waals surface area contributed by atoms with Crippen molar-refractivity contribution in [1.29, 1.82) is 0 Å². The Morgan fingerprint density at radius 3 is 2.76 bits per heavy atom. The number of nitrogens with one attached hydrogen (secondary N) is 1. The van der Waals surface area contributed by atoms with Crippen LogP contribution in [0.2, 0.25) is 0 Å². The molecule has 0 radical (unpaired) electrons. The van der Waals surface area contributed by atoms with Crippen molar-refractivity contribution >= 4 is 28.1 Å². The monoisotopic (exact) mass is 410 g/mol. The van der Waals surface area contributed by atoms with E-state index in [4.69, 9.17) is 0 Å². The zero-order valence-electron chi connectivity index (χ0n) is 17.4. The van der Waals surface area contributed by atoms with Crippen LogP contribution in [0.3, 0.4) is 0 Å². The van der Waals surface area contributed by atoms with Crippen LogP contribution < -0.4 is 5.32 Å². The van der Waals surface area contributed by atoms with Gasteiger partial charge in [-0.2, -0.15) is 0 Å². The van der Waals surface area contributed by atoms with Gasteiger partial charge in [-0.3, -0.25) is 4.79 Å². The van der Waals surface area contributed by atoms with E-state index >= 15 is 0 Å². The van der Waals surface area contributed by atoms with E-state index in [2.05, 4.69) is 65.2 Å². The zero-order valence-corrected chi connectivity index (χ0v) is 18.3. The number of carbonyl (C=O) groups excluding carboxylic acids is 1. The van der Waals surface area contributed by atoms with Gasteiger partial charge in [0.15, 0.2) is 6.04 Å². The Morgan fingerprint density at radius 1 is 1.21 bits per heavy atom. The van der Waals surface area contributed by atoms with Crippen LogP contribution in [0.4, 0.5) is 0 Å². The fourth-order valence-electron chi connectivity index (χ4n) is 4.68. The van der Waals surface area contributed by atoms with Crippen molar-refractivity contribution in [3.63, 3.8) is 0 Å². The van der Waals surface area contributed by atoms with Crippen LogP contribution in [-0.4, -0.2) is 41.5 Å². The number of aromatic amines is 1. The molecule has 4 rings (SSSR count). The number of para-hydroxylation sites is 1. The molecule has 4 nitrogen and oxygen atoms in total. The van der Waals surface area contributed by atoms with Gasteiger partial charge in [0.2, 0.25) is 0 Å². The Labute approximate surface area is 177 Å². The highest BCUT2D eigenvalue weighted by Gasteiger charge is 2.29. The highest BCUT2D eigenvalue weighted by Crippen LogP contribution is 2.32. The van der Waals surface area contributed by atoms with E-state index < -0.39 is 0 Å². The molecular weight excluding hydrogens is 378 g/mol. The van der Waals surface area contributed by atoms with Gasteiger partial charge in [0, 0.05) is 35.1 Å². The largest absolute Gasteiger partial charge is 0.361 e.